The van der Waals surface area contributed by atoms with Crippen molar-refractivity contribution in [2.45, 2.75) is 12.8 Å². The van der Waals surface area contributed by atoms with Crippen molar-refractivity contribution in [2.24, 2.45) is 5.92 Å². The molecule has 0 N–H and O–H groups in total. The van der Waals surface area contributed by atoms with Crippen LogP contribution in [0.4, 0.5) is 11.4 Å². The van der Waals surface area contributed by atoms with Gasteiger partial charge in [0.15, 0.2) is 0 Å². The number of piperidine rings is 1. The third-order valence-corrected chi connectivity index (χ3v) is 5.54. The molecule has 2 heterocycles. The maximum atomic E-state index is 12.6. The molecule has 2 saturated heterocycles. The minimum absolute atomic E-state index is 0.0870. The van der Waals surface area contributed by atoms with Gasteiger partial charge in [-0.3, -0.25) is 24.6 Å². The molecule has 9 heteroatoms. The normalized spacial score (nSPS) is 18.8. The van der Waals surface area contributed by atoms with Gasteiger partial charge >= 0.3 is 5.97 Å². The van der Waals surface area contributed by atoms with E-state index in [1.165, 1.54) is 19.2 Å². The first-order valence-electron chi connectivity index (χ1n) is 9.55. The summed E-state index contributed by atoms with van der Waals surface area (Å²) in [6.07, 6.45) is 1.32. The van der Waals surface area contributed by atoms with Gasteiger partial charge in [0.25, 0.3) is 5.69 Å². The summed E-state index contributed by atoms with van der Waals surface area (Å²) >= 11 is 0. The number of ether oxygens (including phenoxy) is 1. The molecule has 0 saturated carbocycles. The van der Waals surface area contributed by atoms with Gasteiger partial charge in [0.2, 0.25) is 5.91 Å². The highest BCUT2D eigenvalue weighted by atomic mass is 16.6. The molecule has 0 radical (unpaired) electrons. The highest BCUT2D eigenvalue weighted by molar-refractivity contribution is 5.79. The molecular formula is C19H26N4O5. The molecule has 28 heavy (non-hydrogen) atoms. The molecular weight excluding hydrogens is 364 g/mol. The van der Waals surface area contributed by atoms with Crippen molar-refractivity contribution < 1.29 is 19.2 Å². The van der Waals surface area contributed by atoms with E-state index in [1.807, 2.05) is 4.90 Å². The van der Waals surface area contributed by atoms with Crippen LogP contribution in [0.2, 0.25) is 0 Å². The van der Waals surface area contributed by atoms with Gasteiger partial charge in [-0.05, 0) is 25.0 Å². The Bertz CT molecular complexity index is 708. The number of methoxy groups -OCH3 is 1. The second-order valence-corrected chi connectivity index (χ2v) is 7.21. The summed E-state index contributed by atoms with van der Waals surface area (Å²) in [5.41, 5.74) is 1.05. The Morgan fingerprint density at radius 1 is 1.07 bits per heavy atom. The average Bonchev–Trinajstić information content (AvgIpc) is 2.74. The molecule has 0 bridgehead atoms. The minimum atomic E-state index is -0.401. The van der Waals surface area contributed by atoms with Gasteiger partial charge in [-0.25, -0.2) is 0 Å². The van der Waals surface area contributed by atoms with Crippen molar-refractivity contribution in [3.8, 4) is 0 Å². The van der Waals surface area contributed by atoms with Crippen molar-refractivity contribution in [3.63, 3.8) is 0 Å². The molecule has 9 nitrogen and oxygen atoms in total. The number of amides is 1. The van der Waals surface area contributed by atoms with Gasteiger partial charge < -0.3 is 14.5 Å². The summed E-state index contributed by atoms with van der Waals surface area (Å²) in [6, 6.07) is 6.57. The number of hydrogen-bond donors (Lipinski definition) is 0. The number of piperazine rings is 1. The molecule has 1 amide bonds. The van der Waals surface area contributed by atoms with Crippen molar-refractivity contribution in [1.29, 1.82) is 0 Å². The molecule has 0 atom stereocenters. The highest BCUT2D eigenvalue weighted by Gasteiger charge is 2.29. The van der Waals surface area contributed by atoms with E-state index in [9.17, 15) is 19.7 Å². The summed E-state index contributed by atoms with van der Waals surface area (Å²) in [6.45, 7) is 4.66. The average molecular weight is 390 g/mol. The van der Waals surface area contributed by atoms with E-state index in [0.717, 1.165) is 31.9 Å². The number of benzene rings is 1. The van der Waals surface area contributed by atoms with E-state index in [1.54, 1.807) is 12.1 Å². The summed E-state index contributed by atoms with van der Waals surface area (Å²) in [4.78, 5) is 40.6. The molecule has 2 aliphatic rings. The molecule has 3 rings (SSSR count). The fraction of sp³-hybridized carbons (Fsp3) is 0.579. The summed E-state index contributed by atoms with van der Waals surface area (Å²) in [7, 11) is 1.40. The molecule has 0 unspecified atom stereocenters. The van der Waals surface area contributed by atoms with Gasteiger partial charge in [-0.2, -0.15) is 0 Å². The van der Waals surface area contributed by atoms with Crippen LogP contribution in [0.1, 0.15) is 12.8 Å². The summed E-state index contributed by atoms with van der Waals surface area (Å²) in [5, 5.41) is 10.8. The quantitative estimate of drug-likeness (QED) is 0.422. The summed E-state index contributed by atoms with van der Waals surface area (Å²) < 4.78 is 4.78. The number of rotatable bonds is 5. The Kier molecular flexibility index (Phi) is 6.45. The Morgan fingerprint density at radius 3 is 2.21 bits per heavy atom. The molecule has 0 aliphatic carbocycles. The highest BCUT2D eigenvalue weighted by Crippen LogP contribution is 2.21. The third kappa shape index (κ3) is 4.78. The first kappa shape index (κ1) is 20.1. The molecule has 1 aromatic carbocycles. The number of anilines is 1. The largest absolute Gasteiger partial charge is 0.469 e. The molecule has 0 aromatic heterocycles. The zero-order chi connectivity index (χ0) is 20.1. The zero-order valence-corrected chi connectivity index (χ0v) is 16.1. The van der Waals surface area contributed by atoms with Gasteiger partial charge in [0.05, 0.1) is 24.5 Å². The van der Waals surface area contributed by atoms with Crippen LogP contribution in [-0.4, -0.2) is 79.5 Å². The monoisotopic (exact) mass is 390 g/mol. The second-order valence-electron chi connectivity index (χ2n) is 7.21. The van der Waals surface area contributed by atoms with Gasteiger partial charge in [-0.15, -0.1) is 0 Å². The van der Waals surface area contributed by atoms with Crippen LogP contribution >= 0.6 is 0 Å². The number of nitro groups is 1. The smallest absolute Gasteiger partial charge is 0.308 e. The fourth-order valence-electron chi connectivity index (χ4n) is 3.77. The minimum Gasteiger partial charge on any atom is -0.469 e. The van der Waals surface area contributed by atoms with E-state index in [-0.39, 0.29) is 23.5 Å². The topological polar surface area (TPSA) is 96.2 Å². The SMILES string of the molecule is COC(=O)C1CCN(C(=O)CN2CCN(c3ccc([N+](=O)[O-])cc3)CC2)CC1. The Morgan fingerprint density at radius 2 is 1.68 bits per heavy atom. The molecule has 2 aliphatic heterocycles. The van der Waals surface area contributed by atoms with Crippen molar-refractivity contribution in [1.82, 2.24) is 9.80 Å². The van der Waals surface area contributed by atoms with E-state index < -0.39 is 4.92 Å². The predicted molar refractivity (Wildman–Crippen MR) is 103 cm³/mol. The number of nitrogens with zero attached hydrogens (tertiary/aromatic N) is 4. The Hall–Kier alpha value is -2.68. The Labute approximate surface area is 164 Å². The second kappa shape index (κ2) is 9.01. The first-order valence-corrected chi connectivity index (χ1v) is 9.55. The number of nitro benzene ring substituents is 1. The maximum absolute atomic E-state index is 12.6. The number of esters is 1. The Balaban J connectivity index is 1.43. The van der Waals surface area contributed by atoms with Gasteiger partial charge in [0, 0.05) is 57.1 Å². The fourth-order valence-corrected chi connectivity index (χ4v) is 3.77. The van der Waals surface area contributed by atoms with E-state index >= 15 is 0 Å². The van der Waals surface area contributed by atoms with Crippen LogP contribution in [0.25, 0.3) is 0 Å². The molecule has 1 aromatic rings. The number of carbonyl (C=O) groups excluding carboxylic acids is 2. The van der Waals surface area contributed by atoms with Crippen LogP contribution < -0.4 is 4.90 Å². The van der Waals surface area contributed by atoms with Crippen LogP contribution in [0.3, 0.4) is 0 Å². The van der Waals surface area contributed by atoms with E-state index in [2.05, 4.69) is 9.80 Å². The molecule has 0 spiro atoms. The lowest BCUT2D eigenvalue weighted by Gasteiger charge is -2.37. The van der Waals surface area contributed by atoms with Crippen LogP contribution in [-0.2, 0) is 14.3 Å². The lowest BCUT2D eigenvalue weighted by molar-refractivity contribution is -0.384. The van der Waals surface area contributed by atoms with Crippen molar-refractivity contribution >= 4 is 23.3 Å². The number of hydrogen-bond acceptors (Lipinski definition) is 7. The van der Waals surface area contributed by atoms with E-state index in [4.69, 9.17) is 4.74 Å². The van der Waals surface area contributed by atoms with E-state index in [0.29, 0.717) is 32.5 Å². The van der Waals surface area contributed by atoms with Crippen LogP contribution in [0.15, 0.2) is 24.3 Å². The molecule has 2 fully saturated rings. The first-order chi connectivity index (χ1) is 13.5. The molecule has 152 valence electrons. The van der Waals surface area contributed by atoms with Gasteiger partial charge in [0.1, 0.15) is 0 Å². The van der Waals surface area contributed by atoms with Crippen LogP contribution in [0, 0.1) is 16.0 Å². The number of non-ortho nitro benzene ring substituents is 1. The van der Waals surface area contributed by atoms with Crippen molar-refractivity contribution in [3.05, 3.63) is 34.4 Å². The maximum Gasteiger partial charge on any atom is 0.308 e. The predicted octanol–water partition coefficient (Wildman–Crippen LogP) is 1.13. The third-order valence-electron chi connectivity index (χ3n) is 5.54. The lowest BCUT2D eigenvalue weighted by atomic mass is 9.97. The standard InChI is InChI=1S/C19H26N4O5/c1-28-19(25)15-6-8-22(9-7-15)18(24)14-20-10-12-21(13-11-20)16-2-4-17(5-3-16)23(26)27/h2-5,15H,6-14H2,1H3. The summed E-state index contributed by atoms with van der Waals surface area (Å²) in [5.74, 6) is -0.180. The van der Waals surface area contributed by atoms with Gasteiger partial charge in [-0.1, -0.05) is 0 Å². The number of carbonyl (C=O) groups is 2. The van der Waals surface area contributed by atoms with Crippen LogP contribution in [0.5, 0.6) is 0 Å². The number of likely N-dealkylation sites (tertiary alicyclic amines) is 1. The van der Waals surface area contributed by atoms with Crippen molar-refractivity contribution in [2.75, 3.05) is 57.8 Å². The lowest BCUT2D eigenvalue weighted by Crippen LogP contribution is -2.51. The zero-order valence-electron chi connectivity index (χ0n) is 16.1.